The van der Waals surface area contributed by atoms with Crippen molar-refractivity contribution in [3.8, 4) is 11.4 Å². The van der Waals surface area contributed by atoms with Crippen molar-refractivity contribution in [1.29, 1.82) is 0 Å². The Hall–Kier alpha value is -1.11. The first-order chi connectivity index (χ1) is 9.20. The van der Waals surface area contributed by atoms with E-state index in [0.717, 1.165) is 5.56 Å². The van der Waals surface area contributed by atoms with E-state index in [1.165, 1.54) is 4.57 Å². The molecule has 8 heteroatoms. The minimum absolute atomic E-state index is 0.164. The average molecular weight is 334 g/mol. The minimum Gasteiger partial charge on any atom is -0.294 e. The van der Waals surface area contributed by atoms with Crippen LogP contribution in [0.5, 0.6) is 0 Å². The van der Waals surface area contributed by atoms with E-state index in [1.807, 2.05) is 26.8 Å². The van der Waals surface area contributed by atoms with Crippen LogP contribution in [0, 0.1) is 6.92 Å². The number of benzene rings is 1. The van der Waals surface area contributed by atoms with Crippen molar-refractivity contribution in [2.24, 2.45) is 0 Å². The van der Waals surface area contributed by atoms with Gasteiger partial charge in [0, 0.05) is 27.3 Å². The van der Waals surface area contributed by atoms with Gasteiger partial charge in [-0.1, -0.05) is 11.6 Å². The van der Waals surface area contributed by atoms with Crippen LogP contribution in [0.15, 0.2) is 23.4 Å². The first-order valence-corrected chi connectivity index (χ1v) is 8.56. The van der Waals surface area contributed by atoms with Crippen molar-refractivity contribution in [2.75, 3.05) is 0 Å². The van der Waals surface area contributed by atoms with Gasteiger partial charge in [0.2, 0.25) is 0 Å². The van der Waals surface area contributed by atoms with Crippen LogP contribution in [-0.4, -0.2) is 23.2 Å². The summed E-state index contributed by atoms with van der Waals surface area (Å²) < 4.78 is 24.6. The summed E-state index contributed by atoms with van der Waals surface area (Å²) in [5.74, 6) is 0.421. The van der Waals surface area contributed by atoms with Gasteiger partial charge in [0.25, 0.3) is 14.2 Å². The van der Waals surface area contributed by atoms with Crippen LogP contribution in [-0.2, 0) is 9.05 Å². The number of nitrogens with zero attached hydrogens (tertiary/aromatic N) is 3. The first-order valence-electron chi connectivity index (χ1n) is 5.87. The molecule has 0 aliphatic heterocycles. The van der Waals surface area contributed by atoms with E-state index in [9.17, 15) is 8.42 Å². The summed E-state index contributed by atoms with van der Waals surface area (Å²) in [5, 5.41) is 7.93. The lowest BCUT2D eigenvalue weighted by molar-refractivity contribution is 0.530. The number of hydrogen-bond acceptors (Lipinski definition) is 4. The van der Waals surface area contributed by atoms with Crippen LogP contribution >= 0.6 is 22.3 Å². The summed E-state index contributed by atoms with van der Waals surface area (Å²) in [7, 11) is 1.44. The van der Waals surface area contributed by atoms with Crippen LogP contribution in [0.1, 0.15) is 25.5 Å². The molecule has 0 amide bonds. The molecule has 0 fully saturated rings. The van der Waals surface area contributed by atoms with Crippen LogP contribution < -0.4 is 0 Å². The Morgan fingerprint density at radius 3 is 2.35 bits per heavy atom. The minimum atomic E-state index is -3.96. The Morgan fingerprint density at radius 1 is 1.20 bits per heavy atom. The van der Waals surface area contributed by atoms with E-state index >= 15 is 0 Å². The zero-order valence-corrected chi connectivity index (χ0v) is 13.5. The molecule has 0 atom stereocenters. The second-order valence-corrected chi connectivity index (χ2v) is 7.62. The zero-order valence-electron chi connectivity index (χ0n) is 11.1. The predicted octanol–water partition coefficient (Wildman–Crippen LogP) is 3.42. The van der Waals surface area contributed by atoms with E-state index in [0.29, 0.717) is 16.4 Å². The van der Waals surface area contributed by atoms with E-state index in [1.54, 1.807) is 12.1 Å². The normalized spacial score (nSPS) is 12.1. The number of halogens is 2. The highest BCUT2D eigenvalue weighted by Gasteiger charge is 2.25. The summed E-state index contributed by atoms with van der Waals surface area (Å²) in [6.45, 7) is 5.55. The predicted molar refractivity (Wildman–Crippen MR) is 78.6 cm³/mol. The fraction of sp³-hybridized carbons (Fsp3) is 0.333. The fourth-order valence-electron chi connectivity index (χ4n) is 1.97. The maximum atomic E-state index is 11.6. The lowest BCUT2D eigenvalue weighted by atomic mass is 10.1. The van der Waals surface area contributed by atoms with E-state index in [2.05, 4.69) is 10.2 Å². The number of aromatic nitrogens is 3. The molecular formula is C12H13Cl2N3O2S. The lowest BCUT2D eigenvalue weighted by Crippen LogP contribution is -2.10. The van der Waals surface area contributed by atoms with Crippen molar-refractivity contribution in [3.05, 3.63) is 28.8 Å². The third-order valence-corrected chi connectivity index (χ3v) is 4.05. The van der Waals surface area contributed by atoms with Crippen molar-refractivity contribution in [3.63, 3.8) is 0 Å². The molecule has 5 nitrogen and oxygen atoms in total. The molecule has 0 radical (unpaired) electrons. The van der Waals surface area contributed by atoms with Gasteiger partial charge in [0.15, 0.2) is 5.82 Å². The number of aryl methyl sites for hydroxylation is 1. The van der Waals surface area contributed by atoms with Gasteiger partial charge in [-0.2, -0.15) is 0 Å². The quantitative estimate of drug-likeness (QED) is 0.807. The maximum Gasteiger partial charge on any atom is 0.296 e. The SMILES string of the molecule is Cc1cc(Cl)cc(-c2nnc(S(=O)(=O)Cl)n2C(C)C)c1. The van der Waals surface area contributed by atoms with Crippen LogP contribution in [0.2, 0.25) is 5.02 Å². The Bertz CT molecular complexity index is 734. The van der Waals surface area contributed by atoms with Crippen molar-refractivity contribution >= 4 is 31.3 Å². The average Bonchev–Trinajstić information content (AvgIpc) is 2.71. The highest BCUT2D eigenvalue weighted by molar-refractivity contribution is 8.13. The monoisotopic (exact) mass is 333 g/mol. The van der Waals surface area contributed by atoms with Crippen molar-refractivity contribution < 1.29 is 8.42 Å². The molecule has 0 N–H and O–H groups in total. The molecule has 1 heterocycles. The summed E-state index contributed by atoms with van der Waals surface area (Å²) >= 11 is 6.03. The van der Waals surface area contributed by atoms with Crippen LogP contribution in [0.25, 0.3) is 11.4 Å². The summed E-state index contributed by atoms with van der Waals surface area (Å²) in [6, 6.07) is 5.21. The molecule has 0 saturated heterocycles. The molecule has 2 aromatic rings. The topological polar surface area (TPSA) is 64.8 Å². The van der Waals surface area contributed by atoms with Crippen molar-refractivity contribution in [2.45, 2.75) is 32.0 Å². The smallest absolute Gasteiger partial charge is 0.294 e. The molecule has 0 aliphatic carbocycles. The maximum absolute atomic E-state index is 11.6. The standard InChI is InChI=1S/C12H13Cl2N3O2S/c1-7(2)17-11(15-16-12(17)20(14,18)19)9-4-8(3)5-10(13)6-9/h4-7H,1-3H3. The molecule has 1 aromatic heterocycles. The molecule has 0 unspecified atom stereocenters. The Morgan fingerprint density at radius 2 is 1.85 bits per heavy atom. The Labute approximate surface area is 127 Å². The first kappa shape index (κ1) is 15.3. The van der Waals surface area contributed by atoms with E-state index < -0.39 is 9.05 Å². The van der Waals surface area contributed by atoms with Gasteiger partial charge >= 0.3 is 0 Å². The van der Waals surface area contributed by atoms with Gasteiger partial charge in [-0.05, 0) is 44.5 Å². The third kappa shape index (κ3) is 2.97. The fourth-order valence-corrected chi connectivity index (χ4v) is 3.25. The number of hydrogen-bond donors (Lipinski definition) is 0. The summed E-state index contributed by atoms with van der Waals surface area (Å²) in [4.78, 5) is 0. The lowest BCUT2D eigenvalue weighted by Gasteiger charge is -2.13. The molecule has 0 aliphatic rings. The molecule has 2 rings (SSSR count). The summed E-state index contributed by atoms with van der Waals surface area (Å²) in [5.41, 5.74) is 1.64. The van der Waals surface area contributed by atoms with Crippen LogP contribution in [0.3, 0.4) is 0 Å². The van der Waals surface area contributed by atoms with E-state index in [4.69, 9.17) is 22.3 Å². The Kier molecular flexibility index (Phi) is 4.09. The molecule has 0 saturated carbocycles. The highest BCUT2D eigenvalue weighted by Crippen LogP contribution is 2.28. The second-order valence-electron chi connectivity index (χ2n) is 4.73. The molecular weight excluding hydrogens is 321 g/mol. The molecule has 0 spiro atoms. The van der Waals surface area contributed by atoms with Gasteiger partial charge in [-0.3, -0.25) is 4.57 Å². The van der Waals surface area contributed by atoms with Crippen molar-refractivity contribution in [1.82, 2.24) is 14.8 Å². The van der Waals surface area contributed by atoms with Gasteiger partial charge in [-0.25, -0.2) is 8.42 Å². The molecule has 108 valence electrons. The molecule has 20 heavy (non-hydrogen) atoms. The largest absolute Gasteiger partial charge is 0.296 e. The van der Waals surface area contributed by atoms with Gasteiger partial charge in [-0.15, -0.1) is 10.2 Å². The zero-order chi connectivity index (χ0) is 15.1. The third-order valence-electron chi connectivity index (χ3n) is 2.70. The summed E-state index contributed by atoms with van der Waals surface area (Å²) in [6.07, 6.45) is 0. The molecule has 0 bridgehead atoms. The number of rotatable bonds is 3. The van der Waals surface area contributed by atoms with Crippen LogP contribution in [0.4, 0.5) is 0 Å². The molecule has 1 aromatic carbocycles. The van der Waals surface area contributed by atoms with E-state index in [-0.39, 0.29) is 11.2 Å². The second kappa shape index (κ2) is 5.35. The highest BCUT2D eigenvalue weighted by atomic mass is 35.7. The Balaban J connectivity index is 2.72. The van der Waals surface area contributed by atoms with Gasteiger partial charge < -0.3 is 0 Å². The van der Waals surface area contributed by atoms with Gasteiger partial charge in [0.05, 0.1) is 0 Å². The van der Waals surface area contributed by atoms with Gasteiger partial charge in [0.1, 0.15) is 0 Å².